The molecule has 1 aromatic heterocycles. The number of aromatic nitrogens is 1. The van der Waals surface area contributed by atoms with Gasteiger partial charge in [0.25, 0.3) is 5.91 Å². The second-order valence-corrected chi connectivity index (χ2v) is 5.29. The summed E-state index contributed by atoms with van der Waals surface area (Å²) in [6, 6.07) is 10.4. The van der Waals surface area contributed by atoms with E-state index in [0.29, 0.717) is 30.9 Å². The highest BCUT2D eigenvalue weighted by Gasteiger charge is 2.17. The van der Waals surface area contributed by atoms with Crippen LogP contribution in [0.4, 0.5) is 0 Å². The Morgan fingerprint density at radius 2 is 1.79 bits per heavy atom. The van der Waals surface area contributed by atoms with Gasteiger partial charge in [-0.25, -0.2) is 0 Å². The van der Waals surface area contributed by atoms with Crippen LogP contribution in [-0.4, -0.2) is 40.0 Å². The van der Waals surface area contributed by atoms with E-state index in [4.69, 9.17) is 9.84 Å². The minimum absolute atomic E-state index is 0.292. The Balaban J connectivity index is 1.99. The van der Waals surface area contributed by atoms with Crippen LogP contribution in [-0.2, 0) is 11.4 Å². The third-order valence-corrected chi connectivity index (χ3v) is 3.36. The van der Waals surface area contributed by atoms with Crippen molar-refractivity contribution in [2.24, 2.45) is 0 Å². The van der Waals surface area contributed by atoms with E-state index in [1.165, 1.54) is 4.90 Å². The minimum Gasteiger partial charge on any atom is -0.489 e. The highest BCUT2D eigenvalue weighted by atomic mass is 16.5. The number of amides is 1. The first-order valence-electron chi connectivity index (χ1n) is 7.73. The van der Waals surface area contributed by atoms with Gasteiger partial charge in [0.05, 0.1) is 0 Å². The van der Waals surface area contributed by atoms with Gasteiger partial charge < -0.3 is 14.7 Å². The van der Waals surface area contributed by atoms with Crippen LogP contribution in [0.2, 0.25) is 0 Å². The molecule has 1 aromatic carbocycles. The molecule has 0 spiro atoms. The number of hydrogen-bond acceptors (Lipinski definition) is 4. The zero-order valence-corrected chi connectivity index (χ0v) is 13.5. The van der Waals surface area contributed by atoms with Gasteiger partial charge >= 0.3 is 5.97 Å². The first kappa shape index (κ1) is 17.5. The summed E-state index contributed by atoms with van der Waals surface area (Å²) in [6.45, 7) is 2.42. The lowest BCUT2D eigenvalue weighted by molar-refractivity contribution is -0.137. The van der Waals surface area contributed by atoms with Crippen LogP contribution >= 0.6 is 0 Å². The molecule has 0 fully saturated rings. The number of carboxylic acids is 1. The fourth-order valence-electron chi connectivity index (χ4n) is 2.21. The fraction of sp³-hybridized carbons (Fsp3) is 0.278. The topological polar surface area (TPSA) is 79.7 Å². The normalized spacial score (nSPS) is 10.2. The van der Waals surface area contributed by atoms with Gasteiger partial charge in [0, 0.05) is 24.5 Å². The third-order valence-electron chi connectivity index (χ3n) is 3.36. The van der Waals surface area contributed by atoms with E-state index in [-0.39, 0.29) is 12.5 Å². The van der Waals surface area contributed by atoms with Gasteiger partial charge in [-0.2, -0.15) is 0 Å². The number of carboxylic acid groups (broad SMARTS) is 1. The number of carbonyl (C=O) groups is 2. The average Bonchev–Trinajstić information content (AvgIpc) is 2.60. The molecule has 1 N–H and O–H groups in total. The lowest BCUT2D eigenvalue weighted by atomic mass is 10.2. The number of benzene rings is 1. The molecular formula is C18H20N2O4. The monoisotopic (exact) mass is 328 g/mol. The number of carbonyl (C=O) groups excluding carboxylic acids is 1. The molecule has 1 amide bonds. The molecule has 6 nitrogen and oxygen atoms in total. The molecule has 0 radical (unpaired) electrons. The molecule has 2 aromatic rings. The second kappa shape index (κ2) is 8.67. The largest absolute Gasteiger partial charge is 0.489 e. The quantitative estimate of drug-likeness (QED) is 0.806. The average molecular weight is 328 g/mol. The van der Waals surface area contributed by atoms with E-state index in [0.717, 1.165) is 5.56 Å². The predicted molar refractivity (Wildman–Crippen MR) is 88.8 cm³/mol. The Morgan fingerprint density at radius 3 is 2.38 bits per heavy atom. The summed E-state index contributed by atoms with van der Waals surface area (Å²) in [5.74, 6) is -0.669. The zero-order valence-electron chi connectivity index (χ0n) is 13.5. The molecule has 0 saturated heterocycles. The Labute approximate surface area is 140 Å². The summed E-state index contributed by atoms with van der Waals surface area (Å²) < 4.78 is 5.65. The number of ether oxygens (including phenoxy) is 1. The molecule has 24 heavy (non-hydrogen) atoms. The summed E-state index contributed by atoms with van der Waals surface area (Å²) in [6.07, 6.45) is 4.10. The van der Waals surface area contributed by atoms with Crippen LogP contribution in [0.25, 0.3) is 0 Å². The van der Waals surface area contributed by atoms with Crippen molar-refractivity contribution < 1.29 is 19.4 Å². The first-order valence-corrected chi connectivity index (χ1v) is 7.73. The van der Waals surface area contributed by atoms with E-state index in [1.807, 2.05) is 19.1 Å². The second-order valence-electron chi connectivity index (χ2n) is 5.29. The van der Waals surface area contributed by atoms with Crippen LogP contribution in [0.15, 0.2) is 48.8 Å². The smallest absolute Gasteiger partial charge is 0.323 e. The standard InChI is InChI=1S/C18H20N2O4/c1-2-11-20(12-17(21)22)18(23)15-3-5-16(6-4-15)24-13-14-7-9-19-10-8-14/h3-10H,2,11-13H2,1H3,(H,21,22). The van der Waals surface area contributed by atoms with Crippen molar-refractivity contribution >= 4 is 11.9 Å². The maximum absolute atomic E-state index is 12.4. The molecule has 0 aliphatic carbocycles. The molecule has 0 bridgehead atoms. The summed E-state index contributed by atoms with van der Waals surface area (Å²) in [5, 5.41) is 8.91. The number of hydrogen-bond donors (Lipinski definition) is 1. The van der Waals surface area contributed by atoms with Crippen LogP contribution in [0, 0.1) is 0 Å². The van der Waals surface area contributed by atoms with Gasteiger partial charge in [-0.1, -0.05) is 6.92 Å². The summed E-state index contributed by atoms with van der Waals surface area (Å²) >= 11 is 0. The van der Waals surface area contributed by atoms with Crippen LogP contribution in [0.1, 0.15) is 29.3 Å². The minimum atomic E-state index is -1.02. The maximum Gasteiger partial charge on any atom is 0.323 e. The van der Waals surface area contributed by atoms with Crippen molar-refractivity contribution in [2.75, 3.05) is 13.1 Å². The highest BCUT2D eigenvalue weighted by molar-refractivity contribution is 5.95. The van der Waals surface area contributed by atoms with E-state index < -0.39 is 5.97 Å². The fourth-order valence-corrected chi connectivity index (χ4v) is 2.21. The third kappa shape index (κ3) is 5.08. The molecule has 0 atom stereocenters. The lowest BCUT2D eigenvalue weighted by Gasteiger charge is -2.20. The van der Waals surface area contributed by atoms with Crippen molar-refractivity contribution in [3.63, 3.8) is 0 Å². The molecule has 1 heterocycles. The molecule has 126 valence electrons. The van der Waals surface area contributed by atoms with Crippen LogP contribution < -0.4 is 4.74 Å². The van der Waals surface area contributed by atoms with Crippen molar-refractivity contribution in [2.45, 2.75) is 20.0 Å². The van der Waals surface area contributed by atoms with Gasteiger partial charge in [0.2, 0.25) is 0 Å². The molecule has 0 aliphatic heterocycles. The summed E-state index contributed by atoms with van der Waals surface area (Å²) in [5.41, 5.74) is 1.45. The van der Waals surface area contributed by atoms with E-state index in [1.54, 1.807) is 36.7 Å². The van der Waals surface area contributed by atoms with E-state index in [2.05, 4.69) is 4.98 Å². The predicted octanol–water partition coefficient (Wildman–Crippen LogP) is 2.60. The van der Waals surface area contributed by atoms with Crippen LogP contribution in [0.3, 0.4) is 0 Å². The summed E-state index contributed by atoms with van der Waals surface area (Å²) in [4.78, 5) is 28.5. The number of rotatable bonds is 8. The molecule has 0 unspecified atom stereocenters. The highest BCUT2D eigenvalue weighted by Crippen LogP contribution is 2.15. The molecule has 0 aliphatic rings. The van der Waals surface area contributed by atoms with Crippen molar-refractivity contribution in [1.82, 2.24) is 9.88 Å². The lowest BCUT2D eigenvalue weighted by Crippen LogP contribution is -2.36. The Hall–Kier alpha value is -2.89. The SMILES string of the molecule is CCCN(CC(=O)O)C(=O)c1ccc(OCc2ccncc2)cc1. The van der Waals surface area contributed by atoms with E-state index >= 15 is 0 Å². The summed E-state index contributed by atoms with van der Waals surface area (Å²) in [7, 11) is 0. The molecule has 6 heteroatoms. The van der Waals surface area contributed by atoms with Gasteiger partial charge in [-0.05, 0) is 48.4 Å². The van der Waals surface area contributed by atoms with Gasteiger partial charge in [-0.15, -0.1) is 0 Å². The van der Waals surface area contributed by atoms with Crippen molar-refractivity contribution in [1.29, 1.82) is 0 Å². The first-order chi connectivity index (χ1) is 11.6. The van der Waals surface area contributed by atoms with Gasteiger partial charge in [-0.3, -0.25) is 14.6 Å². The van der Waals surface area contributed by atoms with Crippen molar-refractivity contribution in [3.8, 4) is 5.75 Å². The van der Waals surface area contributed by atoms with E-state index in [9.17, 15) is 9.59 Å². The van der Waals surface area contributed by atoms with Crippen molar-refractivity contribution in [3.05, 3.63) is 59.9 Å². The Bertz CT molecular complexity index is 671. The van der Waals surface area contributed by atoms with Gasteiger partial charge in [0.15, 0.2) is 0 Å². The molecule has 2 rings (SSSR count). The Morgan fingerprint density at radius 1 is 1.12 bits per heavy atom. The number of aliphatic carboxylic acids is 1. The van der Waals surface area contributed by atoms with Crippen LogP contribution in [0.5, 0.6) is 5.75 Å². The number of pyridine rings is 1. The number of nitrogens with zero attached hydrogens (tertiary/aromatic N) is 2. The zero-order chi connectivity index (χ0) is 17.4. The molecule has 0 saturated carbocycles. The van der Waals surface area contributed by atoms with Gasteiger partial charge in [0.1, 0.15) is 18.9 Å². The Kier molecular flexibility index (Phi) is 6.31. The molecular weight excluding hydrogens is 308 g/mol. The maximum atomic E-state index is 12.4.